The van der Waals surface area contributed by atoms with E-state index < -0.39 is 6.36 Å². The zero-order chi connectivity index (χ0) is 15.3. The van der Waals surface area contributed by atoms with Gasteiger partial charge in [0.1, 0.15) is 0 Å². The van der Waals surface area contributed by atoms with Gasteiger partial charge in [-0.1, -0.05) is 49.4 Å². The molecule has 0 radical (unpaired) electrons. The molecule has 0 aliphatic rings. The Kier molecular flexibility index (Phi) is 4.73. The van der Waals surface area contributed by atoms with E-state index in [1.165, 1.54) is 12.1 Å². The monoisotopic (exact) mass is 295 g/mol. The van der Waals surface area contributed by atoms with Crippen LogP contribution in [0.25, 0.3) is 0 Å². The Bertz CT molecular complexity index is 569. The number of ether oxygens (including phenoxy) is 1. The second-order valence-electron chi connectivity index (χ2n) is 4.74. The maximum absolute atomic E-state index is 12.3. The number of rotatable bonds is 5. The van der Waals surface area contributed by atoms with Crippen molar-refractivity contribution in [2.45, 2.75) is 19.2 Å². The van der Waals surface area contributed by atoms with Crippen LogP contribution < -0.4 is 10.1 Å². The molecule has 0 aliphatic heterocycles. The van der Waals surface area contributed by atoms with Gasteiger partial charge in [-0.3, -0.25) is 0 Å². The maximum atomic E-state index is 12.3. The molecule has 112 valence electrons. The molecule has 1 N–H and O–H groups in total. The molecule has 2 aromatic carbocycles. The van der Waals surface area contributed by atoms with Gasteiger partial charge in [0, 0.05) is 6.54 Å². The molecule has 0 bridgehead atoms. The third-order valence-corrected chi connectivity index (χ3v) is 3.08. The number of benzene rings is 2. The molecule has 0 spiro atoms. The summed E-state index contributed by atoms with van der Waals surface area (Å²) in [6.07, 6.45) is -4.69. The first-order chi connectivity index (χ1) is 9.96. The average Bonchev–Trinajstić information content (AvgIpc) is 2.45. The van der Waals surface area contributed by atoms with Crippen LogP contribution in [0.1, 0.15) is 18.4 Å². The molecule has 2 rings (SSSR count). The zero-order valence-electron chi connectivity index (χ0n) is 11.5. The zero-order valence-corrected chi connectivity index (χ0v) is 11.5. The van der Waals surface area contributed by atoms with Gasteiger partial charge in [0.05, 0.1) is 5.69 Å². The number of halogens is 3. The minimum Gasteiger partial charge on any atom is -0.404 e. The topological polar surface area (TPSA) is 21.3 Å². The van der Waals surface area contributed by atoms with Gasteiger partial charge < -0.3 is 10.1 Å². The molecule has 0 amide bonds. The van der Waals surface area contributed by atoms with Crippen molar-refractivity contribution >= 4 is 5.69 Å². The maximum Gasteiger partial charge on any atom is 0.573 e. The summed E-state index contributed by atoms with van der Waals surface area (Å²) in [6.45, 7) is 2.53. The molecule has 5 heteroatoms. The van der Waals surface area contributed by atoms with Crippen LogP contribution in [0, 0.1) is 0 Å². The Hall–Kier alpha value is -2.17. The van der Waals surface area contributed by atoms with Crippen LogP contribution in [-0.4, -0.2) is 12.9 Å². The van der Waals surface area contributed by atoms with Gasteiger partial charge in [0.2, 0.25) is 0 Å². The highest BCUT2D eigenvalue weighted by Gasteiger charge is 2.32. The van der Waals surface area contributed by atoms with Crippen LogP contribution in [0.2, 0.25) is 0 Å². The fourth-order valence-corrected chi connectivity index (χ4v) is 1.99. The van der Waals surface area contributed by atoms with Crippen LogP contribution in [0.15, 0.2) is 54.6 Å². The van der Waals surface area contributed by atoms with Gasteiger partial charge in [0.25, 0.3) is 0 Å². The molecule has 21 heavy (non-hydrogen) atoms. The molecular weight excluding hydrogens is 279 g/mol. The van der Waals surface area contributed by atoms with Crippen molar-refractivity contribution in [1.29, 1.82) is 0 Å². The summed E-state index contributed by atoms with van der Waals surface area (Å²) in [5, 5.41) is 3.01. The highest BCUT2D eigenvalue weighted by molar-refractivity contribution is 5.56. The molecule has 2 nitrogen and oxygen atoms in total. The normalized spacial score (nSPS) is 12.8. The molecule has 2 aromatic rings. The van der Waals surface area contributed by atoms with Gasteiger partial charge in [0.15, 0.2) is 5.75 Å². The van der Waals surface area contributed by atoms with Crippen LogP contribution in [0.3, 0.4) is 0 Å². The third kappa shape index (κ3) is 4.70. The van der Waals surface area contributed by atoms with Crippen molar-refractivity contribution < 1.29 is 17.9 Å². The SMILES string of the molecule is CC(CNc1ccccc1OC(F)(F)F)c1ccccc1. The number of alkyl halides is 3. The lowest BCUT2D eigenvalue weighted by atomic mass is 10.0. The van der Waals surface area contributed by atoms with E-state index in [0.29, 0.717) is 12.2 Å². The van der Waals surface area contributed by atoms with Gasteiger partial charge in [-0.05, 0) is 23.6 Å². The van der Waals surface area contributed by atoms with E-state index in [1.807, 2.05) is 37.3 Å². The number of anilines is 1. The van der Waals surface area contributed by atoms with Crippen molar-refractivity contribution in [3.63, 3.8) is 0 Å². The molecular formula is C16H16F3NO. The fourth-order valence-electron chi connectivity index (χ4n) is 1.99. The van der Waals surface area contributed by atoms with E-state index in [-0.39, 0.29) is 11.7 Å². The lowest BCUT2D eigenvalue weighted by Crippen LogP contribution is -2.19. The Morgan fingerprint density at radius 1 is 1.00 bits per heavy atom. The first-order valence-corrected chi connectivity index (χ1v) is 6.59. The van der Waals surface area contributed by atoms with E-state index in [4.69, 9.17) is 0 Å². The quantitative estimate of drug-likeness (QED) is 0.855. The summed E-state index contributed by atoms with van der Waals surface area (Å²) in [6, 6.07) is 15.8. The Labute approximate surface area is 121 Å². The number of para-hydroxylation sites is 2. The van der Waals surface area contributed by atoms with Crippen molar-refractivity contribution in [1.82, 2.24) is 0 Å². The van der Waals surface area contributed by atoms with Crippen LogP contribution in [0.5, 0.6) is 5.75 Å². The minimum absolute atomic E-state index is 0.171. The van der Waals surface area contributed by atoms with Crippen molar-refractivity contribution in [3.8, 4) is 5.75 Å². The second kappa shape index (κ2) is 6.52. The van der Waals surface area contributed by atoms with Gasteiger partial charge in [-0.15, -0.1) is 13.2 Å². The minimum atomic E-state index is -4.69. The Morgan fingerprint density at radius 2 is 1.62 bits per heavy atom. The molecule has 0 saturated carbocycles. The van der Waals surface area contributed by atoms with Gasteiger partial charge >= 0.3 is 6.36 Å². The summed E-state index contributed by atoms with van der Waals surface area (Å²) in [5.41, 5.74) is 1.46. The molecule has 0 heterocycles. The second-order valence-corrected chi connectivity index (χ2v) is 4.74. The average molecular weight is 295 g/mol. The standard InChI is InChI=1S/C16H16F3NO/c1-12(13-7-3-2-4-8-13)11-20-14-9-5-6-10-15(14)21-16(17,18)19/h2-10,12,20H,11H2,1H3. The highest BCUT2D eigenvalue weighted by atomic mass is 19.4. The van der Waals surface area contributed by atoms with Gasteiger partial charge in [-0.2, -0.15) is 0 Å². The molecule has 1 atom stereocenters. The summed E-state index contributed by atoms with van der Waals surface area (Å²) in [4.78, 5) is 0. The molecule has 0 fully saturated rings. The third-order valence-electron chi connectivity index (χ3n) is 3.08. The van der Waals surface area contributed by atoms with E-state index >= 15 is 0 Å². The Morgan fingerprint density at radius 3 is 2.29 bits per heavy atom. The Balaban J connectivity index is 2.03. The summed E-state index contributed by atoms with van der Waals surface area (Å²) in [5.74, 6) is -0.0459. The first-order valence-electron chi connectivity index (χ1n) is 6.59. The van der Waals surface area contributed by atoms with Crippen molar-refractivity contribution in [2.75, 3.05) is 11.9 Å². The summed E-state index contributed by atoms with van der Waals surface area (Å²) >= 11 is 0. The van der Waals surface area contributed by atoms with Gasteiger partial charge in [-0.25, -0.2) is 0 Å². The van der Waals surface area contributed by atoms with Crippen molar-refractivity contribution in [3.05, 3.63) is 60.2 Å². The predicted molar refractivity (Wildman–Crippen MR) is 76.5 cm³/mol. The van der Waals surface area contributed by atoms with Crippen LogP contribution in [-0.2, 0) is 0 Å². The van der Waals surface area contributed by atoms with E-state index in [1.54, 1.807) is 12.1 Å². The number of nitrogens with one attached hydrogen (secondary N) is 1. The van der Waals surface area contributed by atoms with Crippen LogP contribution in [0.4, 0.5) is 18.9 Å². The smallest absolute Gasteiger partial charge is 0.404 e. The largest absolute Gasteiger partial charge is 0.573 e. The fraction of sp³-hybridized carbons (Fsp3) is 0.250. The summed E-state index contributed by atoms with van der Waals surface area (Å²) in [7, 11) is 0. The number of hydrogen-bond acceptors (Lipinski definition) is 2. The molecule has 0 aliphatic carbocycles. The van der Waals surface area contributed by atoms with Crippen molar-refractivity contribution in [2.24, 2.45) is 0 Å². The number of hydrogen-bond donors (Lipinski definition) is 1. The molecule has 1 unspecified atom stereocenters. The molecule has 0 saturated heterocycles. The van der Waals surface area contributed by atoms with Crippen LogP contribution >= 0.6 is 0 Å². The highest BCUT2D eigenvalue weighted by Crippen LogP contribution is 2.30. The predicted octanol–water partition coefficient (Wildman–Crippen LogP) is 4.80. The van der Waals surface area contributed by atoms with E-state index in [9.17, 15) is 13.2 Å². The lowest BCUT2D eigenvalue weighted by Gasteiger charge is -2.17. The molecule has 0 aromatic heterocycles. The van der Waals surface area contributed by atoms with E-state index in [0.717, 1.165) is 5.56 Å². The van der Waals surface area contributed by atoms with E-state index in [2.05, 4.69) is 10.1 Å². The summed E-state index contributed by atoms with van der Waals surface area (Å²) < 4.78 is 41.0. The first kappa shape index (κ1) is 15.2. The lowest BCUT2D eigenvalue weighted by molar-refractivity contribution is -0.274.